The van der Waals surface area contributed by atoms with Gasteiger partial charge in [0.1, 0.15) is 0 Å². The molecule has 0 bridgehead atoms. The molecule has 0 heterocycles. The number of amides is 2. The van der Waals surface area contributed by atoms with E-state index in [0.717, 1.165) is 6.42 Å². The van der Waals surface area contributed by atoms with Crippen LogP contribution in [0.5, 0.6) is 0 Å². The lowest BCUT2D eigenvalue weighted by Crippen LogP contribution is -2.47. The van der Waals surface area contributed by atoms with E-state index in [4.69, 9.17) is 0 Å². The second-order valence-electron chi connectivity index (χ2n) is 5.49. The molecular formula is C16H24N2O3. The number of rotatable bonds is 7. The minimum Gasteiger partial charge on any atom is -0.388 e. The Hall–Kier alpha value is -1.88. The number of nitrogens with one attached hydrogen (secondary N) is 2. The van der Waals surface area contributed by atoms with Crippen molar-refractivity contribution in [1.82, 2.24) is 10.6 Å². The molecule has 5 nitrogen and oxygen atoms in total. The van der Waals surface area contributed by atoms with Crippen molar-refractivity contribution in [3.8, 4) is 0 Å². The molecule has 0 radical (unpaired) electrons. The molecule has 3 N–H and O–H groups in total. The van der Waals surface area contributed by atoms with Crippen molar-refractivity contribution in [3.63, 3.8) is 0 Å². The zero-order valence-electron chi connectivity index (χ0n) is 12.8. The summed E-state index contributed by atoms with van der Waals surface area (Å²) in [4.78, 5) is 23.5. The van der Waals surface area contributed by atoms with Gasteiger partial charge in [-0.15, -0.1) is 0 Å². The van der Waals surface area contributed by atoms with Gasteiger partial charge in [0.25, 0.3) is 5.91 Å². The van der Waals surface area contributed by atoms with Gasteiger partial charge in [-0.2, -0.15) is 0 Å². The standard InChI is InChI=1S/C16H24N2O3/c1-4-12(2)16(3,21)11-18-14(19)10-17-15(20)13-8-6-5-7-9-13/h5-9,12,21H,4,10-11H2,1-3H3,(H,17,20)(H,18,19). The van der Waals surface area contributed by atoms with Gasteiger partial charge in [-0.3, -0.25) is 9.59 Å². The highest BCUT2D eigenvalue weighted by atomic mass is 16.3. The lowest BCUT2D eigenvalue weighted by atomic mass is 9.89. The average molecular weight is 292 g/mol. The number of hydrogen-bond donors (Lipinski definition) is 3. The van der Waals surface area contributed by atoms with Gasteiger partial charge in [-0.05, 0) is 25.0 Å². The van der Waals surface area contributed by atoms with Crippen LogP contribution < -0.4 is 10.6 Å². The number of aliphatic hydroxyl groups is 1. The lowest BCUT2D eigenvalue weighted by Gasteiger charge is -2.29. The fourth-order valence-electron chi connectivity index (χ4n) is 1.81. The maximum absolute atomic E-state index is 11.8. The number of benzene rings is 1. The molecule has 21 heavy (non-hydrogen) atoms. The fraction of sp³-hybridized carbons (Fsp3) is 0.500. The van der Waals surface area contributed by atoms with Crippen molar-refractivity contribution in [2.45, 2.75) is 32.8 Å². The SMILES string of the molecule is CCC(C)C(C)(O)CNC(=O)CNC(=O)c1ccccc1. The third-order valence-electron chi connectivity index (χ3n) is 3.76. The van der Waals surface area contributed by atoms with Crippen LogP contribution in [-0.4, -0.2) is 35.6 Å². The van der Waals surface area contributed by atoms with E-state index in [1.54, 1.807) is 31.2 Å². The molecule has 2 unspecified atom stereocenters. The Bertz CT molecular complexity index is 472. The molecular weight excluding hydrogens is 268 g/mol. The number of carbonyl (C=O) groups excluding carboxylic acids is 2. The van der Waals surface area contributed by atoms with E-state index in [9.17, 15) is 14.7 Å². The van der Waals surface area contributed by atoms with Gasteiger partial charge < -0.3 is 15.7 Å². The molecule has 0 fully saturated rings. The van der Waals surface area contributed by atoms with Gasteiger partial charge in [-0.1, -0.05) is 38.5 Å². The van der Waals surface area contributed by atoms with Crippen LogP contribution in [0.15, 0.2) is 30.3 Å². The van der Waals surface area contributed by atoms with Crippen LogP contribution in [0.2, 0.25) is 0 Å². The molecule has 0 aromatic heterocycles. The van der Waals surface area contributed by atoms with Gasteiger partial charge >= 0.3 is 0 Å². The summed E-state index contributed by atoms with van der Waals surface area (Å²) in [6.45, 7) is 5.68. The molecule has 1 rings (SSSR count). The molecule has 1 aromatic rings. The Morgan fingerprint density at radius 3 is 2.43 bits per heavy atom. The van der Waals surface area contributed by atoms with Crippen LogP contribution in [0.1, 0.15) is 37.6 Å². The Morgan fingerprint density at radius 2 is 1.86 bits per heavy atom. The van der Waals surface area contributed by atoms with Crippen molar-refractivity contribution >= 4 is 11.8 Å². The molecule has 5 heteroatoms. The highest BCUT2D eigenvalue weighted by Crippen LogP contribution is 2.18. The molecule has 0 saturated heterocycles. The van der Waals surface area contributed by atoms with Gasteiger partial charge in [0.2, 0.25) is 5.91 Å². The maximum atomic E-state index is 11.8. The summed E-state index contributed by atoms with van der Waals surface area (Å²) < 4.78 is 0. The van der Waals surface area contributed by atoms with Crippen molar-refractivity contribution in [2.75, 3.05) is 13.1 Å². The zero-order valence-corrected chi connectivity index (χ0v) is 12.8. The fourth-order valence-corrected chi connectivity index (χ4v) is 1.81. The van der Waals surface area contributed by atoms with E-state index >= 15 is 0 Å². The van der Waals surface area contributed by atoms with E-state index in [1.807, 2.05) is 19.9 Å². The predicted molar refractivity (Wildman–Crippen MR) is 81.9 cm³/mol. The maximum Gasteiger partial charge on any atom is 0.251 e. The normalized spacial score (nSPS) is 14.9. The second-order valence-corrected chi connectivity index (χ2v) is 5.49. The second kappa shape index (κ2) is 7.78. The topological polar surface area (TPSA) is 78.4 Å². The third-order valence-corrected chi connectivity index (χ3v) is 3.76. The lowest BCUT2D eigenvalue weighted by molar-refractivity contribution is -0.121. The first-order valence-electron chi connectivity index (χ1n) is 7.19. The molecule has 0 aliphatic rings. The highest BCUT2D eigenvalue weighted by molar-refractivity contribution is 5.96. The van der Waals surface area contributed by atoms with Crippen LogP contribution in [0.3, 0.4) is 0 Å². The smallest absolute Gasteiger partial charge is 0.251 e. The van der Waals surface area contributed by atoms with Crippen LogP contribution >= 0.6 is 0 Å². The Morgan fingerprint density at radius 1 is 1.24 bits per heavy atom. The monoisotopic (exact) mass is 292 g/mol. The van der Waals surface area contributed by atoms with Crippen LogP contribution in [0.25, 0.3) is 0 Å². The molecule has 0 aliphatic heterocycles. The number of hydrogen-bond acceptors (Lipinski definition) is 3. The molecule has 1 aromatic carbocycles. The van der Waals surface area contributed by atoms with Crippen molar-refractivity contribution in [3.05, 3.63) is 35.9 Å². The summed E-state index contributed by atoms with van der Waals surface area (Å²) in [5, 5.41) is 15.4. The number of carbonyl (C=O) groups is 2. The van der Waals surface area contributed by atoms with E-state index in [2.05, 4.69) is 10.6 Å². The van der Waals surface area contributed by atoms with Crippen molar-refractivity contribution in [2.24, 2.45) is 5.92 Å². The van der Waals surface area contributed by atoms with Crippen molar-refractivity contribution in [1.29, 1.82) is 0 Å². The molecule has 2 amide bonds. The van der Waals surface area contributed by atoms with E-state index in [-0.39, 0.29) is 30.8 Å². The molecule has 0 spiro atoms. The van der Waals surface area contributed by atoms with Gasteiger partial charge in [-0.25, -0.2) is 0 Å². The molecule has 0 aliphatic carbocycles. The first-order valence-corrected chi connectivity index (χ1v) is 7.19. The van der Waals surface area contributed by atoms with E-state index in [1.165, 1.54) is 0 Å². The quantitative estimate of drug-likeness (QED) is 0.709. The zero-order chi connectivity index (χ0) is 15.9. The highest BCUT2D eigenvalue weighted by Gasteiger charge is 2.27. The summed E-state index contributed by atoms with van der Waals surface area (Å²) in [7, 11) is 0. The summed E-state index contributed by atoms with van der Waals surface area (Å²) in [5.41, 5.74) is -0.440. The summed E-state index contributed by atoms with van der Waals surface area (Å²) in [6.07, 6.45) is 0.827. The molecule has 2 atom stereocenters. The largest absolute Gasteiger partial charge is 0.388 e. The molecule has 116 valence electrons. The van der Waals surface area contributed by atoms with Crippen LogP contribution in [-0.2, 0) is 4.79 Å². The molecule has 0 saturated carbocycles. The Balaban J connectivity index is 2.37. The average Bonchev–Trinajstić information content (AvgIpc) is 2.50. The first-order chi connectivity index (χ1) is 9.86. The summed E-state index contributed by atoms with van der Waals surface area (Å²) in [5.74, 6) is -0.529. The summed E-state index contributed by atoms with van der Waals surface area (Å²) in [6, 6.07) is 8.71. The van der Waals surface area contributed by atoms with E-state index in [0.29, 0.717) is 5.56 Å². The minimum absolute atomic E-state index is 0.0803. The first kappa shape index (κ1) is 17.2. The van der Waals surface area contributed by atoms with Gasteiger partial charge in [0.15, 0.2) is 0 Å². The Kier molecular flexibility index (Phi) is 6.37. The van der Waals surface area contributed by atoms with Crippen LogP contribution in [0.4, 0.5) is 0 Å². The van der Waals surface area contributed by atoms with Crippen molar-refractivity contribution < 1.29 is 14.7 Å². The van der Waals surface area contributed by atoms with Gasteiger partial charge in [0, 0.05) is 12.1 Å². The Labute approximate surface area is 125 Å². The predicted octanol–water partition coefficient (Wildman–Crippen LogP) is 1.33. The minimum atomic E-state index is -0.951. The third kappa shape index (κ3) is 5.55. The van der Waals surface area contributed by atoms with Gasteiger partial charge in [0.05, 0.1) is 12.1 Å². The summed E-state index contributed by atoms with van der Waals surface area (Å²) >= 11 is 0. The van der Waals surface area contributed by atoms with E-state index < -0.39 is 5.60 Å². The van der Waals surface area contributed by atoms with Crippen LogP contribution in [0, 0.1) is 5.92 Å².